The lowest BCUT2D eigenvalue weighted by Crippen LogP contribution is -2.43. The fraction of sp³-hybridized carbons (Fsp3) is 0.350. The fourth-order valence-electron chi connectivity index (χ4n) is 3.48. The lowest BCUT2D eigenvalue weighted by molar-refractivity contribution is -0.121. The minimum Gasteiger partial charge on any atom is -0.497 e. The van der Waals surface area contributed by atoms with Crippen molar-refractivity contribution < 1.29 is 27.1 Å². The number of ether oxygens (including phenoxy) is 2. The van der Waals surface area contributed by atoms with E-state index in [1.165, 1.54) is 11.4 Å². The molecule has 0 aliphatic carbocycles. The van der Waals surface area contributed by atoms with Crippen molar-refractivity contribution in [1.29, 1.82) is 0 Å². The highest BCUT2D eigenvalue weighted by molar-refractivity contribution is 7.91. The van der Waals surface area contributed by atoms with E-state index >= 15 is 0 Å². The number of rotatable bonds is 7. The first-order chi connectivity index (χ1) is 15.4. The summed E-state index contributed by atoms with van der Waals surface area (Å²) in [6.07, 6.45) is 1.15. The van der Waals surface area contributed by atoms with Crippen molar-refractivity contribution >= 4 is 33.3 Å². The highest BCUT2D eigenvalue weighted by Gasteiger charge is 2.34. The highest BCUT2D eigenvalue weighted by atomic mass is 32.2. The van der Waals surface area contributed by atoms with Crippen LogP contribution in [0.2, 0.25) is 0 Å². The molecule has 1 amide bonds. The van der Waals surface area contributed by atoms with Crippen molar-refractivity contribution in [3.8, 4) is 23.0 Å². The molecule has 32 heavy (non-hydrogen) atoms. The van der Waals surface area contributed by atoms with E-state index in [0.717, 1.165) is 11.3 Å². The molecule has 1 aliphatic rings. The molecule has 1 N–H and O–H groups in total. The average Bonchev–Trinajstić information content (AvgIpc) is 3.51. The number of benzene rings is 1. The summed E-state index contributed by atoms with van der Waals surface area (Å²) in [6, 6.07) is 8.31. The van der Waals surface area contributed by atoms with Crippen LogP contribution in [0.3, 0.4) is 0 Å². The molecule has 3 aromatic rings. The van der Waals surface area contributed by atoms with Crippen LogP contribution in [0.5, 0.6) is 11.5 Å². The van der Waals surface area contributed by atoms with Crippen LogP contribution in [0.25, 0.3) is 11.5 Å². The number of thiophene rings is 1. The van der Waals surface area contributed by atoms with Crippen molar-refractivity contribution in [2.45, 2.75) is 17.1 Å². The van der Waals surface area contributed by atoms with Gasteiger partial charge < -0.3 is 13.9 Å². The predicted molar refractivity (Wildman–Crippen MR) is 117 cm³/mol. The van der Waals surface area contributed by atoms with E-state index in [9.17, 15) is 13.2 Å². The lowest BCUT2D eigenvalue weighted by atomic mass is 9.99. The number of hydrogen-bond donors (Lipinski definition) is 1. The Kier molecular flexibility index (Phi) is 6.44. The first kappa shape index (κ1) is 22.2. The van der Waals surface area contributed by atoms with Gasteiger partial charge in [0, 0.05) is 19.2 Å². The number of carbonyl (C=O) groups is 1. The molecule has 1 saturated heterocycles. The van der Waals surface area contributed by atoms with Crippen molar-refractivity contribution in [1.82, 2.24) is 14.5 Å². The Bertz CT molecular complexity index is 1190. The predicted octanol–water partition coefficient (Wildman–Crippen LogP) is 2.85. The van der Waals surface area contributed by atoms with Gasteiger partial charge in [-0.05, 0) is 36.4 Å². The molecule has 4 rings (SSSR count). The summed E-state index contributed by atoms with van der Waals surface area (Å²) < 4.78 is 43.3. The van der Waals surface area contributed by atoms with Gasteiger partial charge in [0.05, 0.1) is 25.7 Å². The molecular weight excluding hydrogens is 456 g/mol. The number of amides is 1. The van der Waals surface area contributed by atoms with Gasteiger partial charge in [0.25, 0.3) is 15.9 Å². The molecule has 1 fully saturated rings. The number of anilines is 1. The largest absolute Gasteiger partial charge is 0.497 e. The number of piperidine rings is 1. The maximum Gasteiger partial charge on any atom is 0.322 e. The number of nitrogens with one attached hydrogen (secondary N) is 1. The number of carbonyl (C=O) groups excluding carboxylic acids is 1. The third-order valence-corrected chi connectivity index (χ3v) is 8.38. The Labute approximate surface area is 189 Å². The molecule has 2 aromatic heterocycles. The van der Waals surface area contributed by atoms with Crippen molar-refractivity contribution in [2.75, 3.05) is 32.6 Å². The van der Waals surface area contributed by atoms with Crippen LogP contribution in [0.1, 0.15) is 12.8 Å². The lowest BCUT2D eigenvalue weighted by Gasteiger charge is -2.30. The highest BCUT2D eigenvalue weighted by Crippen LogP contribution is 2.33. The number of aromatic nitrogens is 2. The van der Waals surface area contributed by atoms with E-state index in [0.29, 0.717) is 36.4 Å². The molecule has 1 unspecified atom stereocenters. The second-order valence-corrected chi connectivity index (χ2v) is 10.2. The van der Waals surface area contributed by atoms with E-state index < -0.39 is 15.9 Å². The van der Waals surface area contributed by atoms with E-state index in [1.807, 2.05) is 0 Å². The molecule has 1 aliphatic heterocycles. The van der Waals surface area contributed by atoms with Gasteiger partial charge >= 0.3 is 6.01 Å². The Morgan fingerprint density at radius 2 is 2.09 bits per heavy atom. The quantitative estimate of drug-likeness (QED) is 0.550. The van der Waals surface area contributed by atoms with Crippen LogP contribution in [0.4, 0.5) is 6.01 Å². The van der Waals surface area contributed by atoms with Gasteiger partial charge in [0.15, 0.2) is 0 Å². The van der Waals surface area contributed by atoms with Crippen molar-refractivity contribution in [2.24, 2.45) is 5.92 Å². The molecule has 0 spiro atoms. The van der Waals surface area contributed by atoms with Crippen LogP contribution in [0, 0.1) is 5.92 Å². The standard InChI is InChI=1S/C20H22N4O6S2/c1-28-14-7-8-15(16(11-14)29-2)19-22-23-20(30-19)21-18(25)13-5-3-9-24(12-13)32(26,27)17-6-4-10-31-17/h4,6-8,10-11,13H,3,5,9,12H2,1-2H3,(H,21,23,25). The zero-order chi connectivity index (χ0) is 22.7. The molecule has 170 valence electrons. The van der Waals surface area contributed by atoms with Gasteiger partial charge in [0.2, 0.25) is 5.91 Å². The first-order valence-electron chi connectivity index (χ1n) is 9.83. The van der Waals surface area contributed by atoms with Gasteiger partial charge in [-0.3, -0.25) is 10.1 Å². The molecular formula is C20H22N4O6S2. The van der Waals surface area contributed by atoms with E-state index in [-0.39, 0.29) is 28.6 Å². The SMILES string of the molecule is COc1ccc(-c2nnc(NC(=O)C3CCCN(S(=O)(=O)c4cccs4)C3)o2)c(OC)c1. The molecule has 0 saturated carbocycles. The minimum absolute atomic E-state index is 0.0684. The maximum atomic E-state index is 12.8. The Hall–Kier alpha value is -2.96. The smallest absolute Gasteiger partial charge is 0.322 e. The number of methoxy groups -OCH3 is 2. The summed E-state index contributed by atoms with van der Waals surface area (Å²) in [7, 11) is -0.548. The van der Waals surface area contributed by atoms with Crippen LogP contribution < -0.4 is 14.8 Å². The van der Waals surface area contributed by atoms with Crippen LogP contribution in [-0.2, 0) is 14.8 Å². The third-order valence-electron chi connectivity index (χ3n) is 5.14. The zero-order valence-electron chi connectivity index (χ0n) is 17.5. The molecule has 10 nitrogen and oxygen atoms in total. The van der Waals surface area contributed by atoms with Gasteiger partial charge in [0.1, 0.15) is 15.7 Å². The Balaban J connectivity index is 1.45. The normalized spacial score (nSPS) is 17.1. The van der Waals surface area contributed by atoms with Gasteiger partial charge in [-0.15, -0.1) is 16.4 Å². The number of nitrogens with zero attached hydrogens (tertiary/aromatic N) is 3. The van der Waals surface area contributed by atoms with Gasteiger partial charge in [-0.25, -0.2) is 8.42 Å². The topological polar surface area (TPSA) is 124 Å². The molecule has 1 aromatic carbocycles. The van der Waals surface area contributed by atoms with Gasteiger partial charge in [-0.2, -0.15) is 4.31 Å². The third kappa shape index (κ3) is 4.47. The van der Waals surface area contributed by atoms with Crippen LogP contribution in [0.15, 0.2) is 44.3 Å². The summed E-state index contributed by atoms with van der Waals surface area (Å²) in [6.45, 7) is 0.478. The van der Waals surface area contributed by atoms with Crippen molar-refractivity contribution in [3.05, 3.63) is 35.7 Å². The molecule has 12 heteroatoms. The summed E-state index contributed by atoms with van der Waals surface area (Å²) in [5, 5.41) is 12.2. The second kappa shape index (κ2) is 9.27. The van der Waals surface area contributed by atoms with Gasteiger partial charge in [-0.1, -0.05) is 11.2 Å². The summed E-state index contributed by atoms with van der Waals surface area (Å²) >= 11 is 1.16. The monoisotopic (exact) mass is 478 g/mol. The zero-order valence-corrected chi connectivity index (χ0v) is 19.1. The number of sulfonamides is 1. The summed E-state index contributed by atoms with van der Waals surface area (Å²) in [5.74, 6) is 0.369. The van der Waals surface area contributed by atoms with Crippen LogP contribution >= 0.6 is 11.3 Å². The van der Waals surface area contributed by atoms with Crippen molar-refractivity contribution in [3.63, 3.8) is 0 Å². The Morgan fingerprint density at radius 3 is 2.81 bits per heavy atom. The molecule has 3 heterocycles. The summed E-state index contributed by atoms with van der Waals surface area (Å²) in [5.41, 5.74) is 0.548. The van der Waals surface area contributed by atoms with E-state index in [2.05, 4.69) is 15.5 Å². The first-order valence-corrected chi connectivity index (χ1v) is 12.1. The molecule has 1 atom stereocenters. The van der Waals surface area contributed by atoms with Crippen LogP contribution in [-0.4, -0.2) is 56.1 Å². The van der Waals surface area contributed by atoms with E-state index in [4.69, 9.17) is 13.9 Å². The molecule has 0 bridgehead atoms. The Morgan fingerprint density at radius 1 is 1.25 bits per heavy atom. The minimum atomic E-state index is -3.61. The molecule has 0 radical (unpaired) electrons. The maximum absolute atomic E-state index is 12.8. The number of hydrogen-bond acceptors (Lipinski definition) is 9. The fourth-order valence-corrected chi connectivity index (χ4v) is 6.15. The average molecular weight is 479 g/mol. The summed E-state index contributed by atoms with van der Waals surface area (Å²) in [4.78, 5) is 12.8. The second-order valence-electron chi connectivity index (χ2n) is 7.10. The van der Waals surface area contributed by atoms with E-state index in [1.54, 1.807) is 42.8 Å².